The lowest BCUT2D eigenvalue weighted by molar-refractivity contribution is -0.124. The maximum absolute atomic E-state index is 12.1. The molecule has 4 heteroatoms. The van der Waals surface area contributed by atoms with Gasteiger partial charge < -0.3 is 10.6 Å². The highest BCUT2D eigenvalue weighted by molar-refractivity contribution is 7.99. The molecule has 18 heavy (non-hydrogen) atoms. The van der Waals surface area contributed by atoms with Crippen molar-refractivity contribution >= 4 is 17.7 Å². The number of carbonyl (C=O) groups is 1. The zero-order chi connectivity index (χ0) is 13.4. The third-order valence-electron chi connectivity index (χ3n) is 3.69. The van der Waals surface area contributed by atoms with Crippen LogP contribution >= 0.6 is 11.8 Å². The molecule has 1 heterocycles. The largest absolute Gasteiger partial charge is 0.352 e. The highest BCUT2D eigenvalue weighted by Crippen LogP contribution is 2.19. The Labute approximate surface area is 116 Å². The number of piperidine rings is 1. The third-order valence-corrected chi connectivity index (χ3v) is 4.63. The van der Waals surface area contributed by atoms with Crippen LogP contribution < -0.4 is 10.6 Å². The van der Waals surface area contributed by atoms with Crippen LogP contribution in [-0.4, -0.2) is 36.0 Å². The van der Waals surface area contributed by atoms with Gasteiger partial charge in [0.1, 0.15) is 0 Å². The molecule has 0 aromatic heterocycles. The van der Waals surface area contributed by atoms with Crippen molar-refractivity contribution in [3.63, 3.8) is 0 Å². The lowest BCUT2D eigenvalue weighted by Gasteiger charge is -2.29. The van der Waals surface area contributed by atoms with E-state index in [1.165, 1.54) is 12.8 Å². The molecule has 1 aliphatic heterocycles. The number of carbonyl (C=O) groups excluding carboxylic acids is 1. The molecule has 0 aromatic carbocycles. The van der Waals surface area contributed by atoms with E-state index in [0.29, 0.717) is 12.0 Å². The summed E-state index contributed by atoms with van der Waals surface area (Å²) < 4.78 is 0. The van der Waals surface area contributed by atoms with Crippen LogP contribution in [0.15, 0.2) is 0 Å². The maximum Gasteiger partial charge on any atom is 0.237 e. The molecule has 0 spiro atoms. The second-order valence-electron chi connectivity index (χ2n) is 5.20. The first-order chi connectivity index (χ1) is 8.67. The van der Waals surface area contributed by atoms with Crippen molar-refractivity contribution in [2.24, 2.45) is 5.92 Å². The van der Waals surface area contributed by atoms with Crippen LogP contribution in [0.2, 0.25) is 0 Å². The second kappa shape index (κ2) is 8.81. The van der Waals surface area contributed by atoms with Gasteiger partial charge in [0.05, 0.1) is 6.04 Å². The van der Waals surface area contributed by atoms with Crippen molar-refractivity contribution in [1.29, 1.82) is 0 Å². The first-order valence-electron chi connectivity index (χ1n) is 7.28. The minimum atomic E-state index is 0.0324. The molecule has 0 radical (unpaired) electrons. The molecule has 106 valence electrons. The fourth-order valence-electron chi connectivity index (χ4n) is 2.39. The van der Waals surface area contributed by atoms with E-state index in [2.05, 4.69) is 31.4 Å². The van der Waals surface area contributed by atoms with Gasteiger partial charge >= 0.3 is 0 Å². The average molecular weight is 272 g/mol. The van der Waals surface area contributed by atoms with Gasteiger partial charge in [-0.15, -0.1) is 0 Å². The lowest BCUT2D eigenvalue weighted by Crippen LogP contribution is -2.50. The average Bonchev–Trinajstić information content (AvgIpc) is 2.39. The molecule has 1 amide bonds. The molecule has 1 aliphatic rings. The van der Waals surface area contributed by atoms with Crippen molar-refractivity contribution < 1.29 is 4.79 Å². The fraction of sp³-hybridized carbons (Fsp3) is 0.929. The Bertz CT molecular complexity index is 248. The molecule has 1 saturated heterocycles. The normalized spacial score (nSPS) is 25.7. The van der Waals surface area contributed by atoms with E-state index in [0.717, 1.165) is 30.9 Å². The molecule has 1 rings (SSSR count). The van der Waals surface area contributed by atoms with Crippen LogP contribution in [0, 0.1) is 5.92 Å². The molecule has 0 bridgehead atoms. The van der Waals surface area contributed by atoms with Crippen LogP contribution in [0.4, 0.5) is 0 Å². The maximum atomic E-state index is 12.1. The lowest BCUT2D eigenvalue weighted by atomic mass is 9.90. The molecular formula is C14H28N2OS. The number of amides is 1. The predicted octanol–water partition coefficient (Wildman–Crippen LogP) is 2.41. The van der Waals surface area contributed by atoms with E-state index in [-0.39, 0.29) is 11.9 Å². The summed E-state index contributed by atoms with van der Waals surface area (Å²) >= 11 is 1.94. The van der Waals surface area contributed by atoms with Crippen LogP contribution in [0.1, 0.15) is 46.5 Å². The Morgan fingerprint density at radius 1 is 1.50 bits per heavy atom. The monoisotopic (exact) mass is 272 g/mol. The van der Waals surface area contributed by atoms with Crippen molar-refractivity contribution in [2.75, 3.05) is 18.1 Å². The number of rotatable bonds is 7. The summed E-state index contributed by atoms with van der Waals surface area (Å²) in [4.78, 5) is 12.1. The topological polar surface area (TPSA) is 41.1 Å². The molecular weight excluding hydrogens is 244 g/mol. The van der Waals surface area contributed by atoms with Gasteiger partial charge in [-0.1, -0.05) is 20.3 Å². The summed E-state index contributed by atoms with van der Waals surface area (Å²) in [5.41, 5.74) is 0. The van der Waals surface area contributed by atoms with E-state index in [4.69, 9.17) is 0 Å². The van der Waals surface area contributed by atoms with Gasteiger partial charge in [0, 0.05) is 6.04 Å². The second-order valence-corrected chi connectivity index (χ2v) is 6.59. The molecule has 3 unspecified atom stereocenters. The summed E-state index contributed by atoms with van der Waals surface area (Å²) in [6, 6.07) is 0.324. The van der Waals surface area contributed by atoms with Crippen molar-refractivity contribution in [1.82, 2.24) is 10.6 Å². The smallest absolute Gasteiger partial charge is 0.237 e. The molecule has 1 fully saturated rings. The summed E-state index contributed by atoms with van der Waals surface area (Å²) in [6.07, 6.45) is 4.46. The van der Waals surface area contributed by atoms with Crippen LogP contribution in [0.5, 0.6) is 0 Å². The van der Waals surface area contributed by atoms with E-state index in [1.807, 2.05) is 11.8 Å². The Balaban J connectivity index is 2.26. The SMILES string of the molecule is CCSCCC(C)NC(=O)C1CC(CC)CCN1. The quantitative estimate of drug-likeness (QED) is 0.699. The van der Waals surface area contributed by atoms with Crippen LogP contribution in [-0.2, 0) is 4.79 Å². The minimum Gasteiger partial charge on any atom is -0.352 e. The number of hydrogen-bond donors (Lipinski definition) is 2. The van der Waals surface area contributed by atoms with E-state index < -0.39 is 0 Å². The zero-order valence-corrected chi connectivity index (χ0v) is 12.8. The van der Waals surface area contributed by atoms with Gasteiger partial charge in [-0.2, -0.15) is 11.8 Å². The summed E-state index contributed by atoms with van der Waals surface area (Å²) in [6.45, 7) is 7.48. The van der Waals surface area contributed by atoms with Gasteiger partial charge in [0.15, 0.2) is 0 Å². The highest BCUT2D eigenvalue weighted by atomic mass is 32.2. The summed E-state index contributed by atoms with van der Waals surface area (Å²) in [5.74, 6) is 3.20. The van der Waals surface area contributed by atoms with Gasteiger partial charge in [-0.3, -0.25) is 4.79 Å². The van der Waals surface area contributed by atoms with Crippen molar-refractivity contribution in [3.8, 4) is 0 Å². The predicted molar refractivity (Wildman–Crippen MR) is 80.0 cm³/mol. The molecule has 3 nitrogen and oxygen atoms in total. The molecule has 0 saturated carbocycles. The number of thioether (sulfide) groups is 1. The molecule has 0 aromatic rings. The van der Waals surface area contributed by atoms with Crippen molar-refractivity contribution in [3.05, 3.63) is 0 Å². The van der Waals surface area contributed by atoms with Crippen molar-refractivity contribution in [2.45, 2.75) is 58.5 Å². The Kier molecular flexibility index (Phi) is 7.75. The molecule has 3 atom stereocenters. The van der Waals surface area contributed by atoms with Gasteiger partial charge in [-0.25, -0.2) is 0 Å². The van der Waals surface area contributed by atoms with Gasteiger partial charge in [0.25, 0.3) is 0 Å². The third kappa shape index (κ3) is 5.61. The number of hydrogen-bond acceptors (Lipinski definition) is 3. The standard InChI is InChI=1S/C14H28N2OS/c1-4-12-6-8-15-13(10-12)14(17)16-11(3)7-9-18-5-2/h11-13,15H,4-10H2,1-3H3,(H,16,17). The van der Waals surface area contributed by atoms with Crippen LogP contribution in [0.3, 0.4) is 0 Å². The molecule has 0 aliphatic carbocycles. The summed E-state index contributed by atoms with van der Waals surface area (Å²) in [7, 11) is 0. The first-order valence-corrected chi connectivity index (χ1v) is 8.44. The van der Waals surface area contributed by atoms with E-state index >= 15 is 0 Å². The van der Waals surface area contributed by atoms with E-state index in [9.17, 15) is 4.79 Å². The Morgan fingerprint density at radius 2 is 2.28 bits per heavy atom. The Hall–Kier alpha value is -0.220. The zero-order valence-electron chi connectivity index (χ0n) is 12.0. The highest BCUT2D eigenvalue weighted by Gasteiger charge is 2.26. The number of nitrogens with one attached hydrogen (secondary N) is 2. The van der Waals surface area contributed by atoms with Gasteiger partial charge in [-0.05, 0) is 50.2 Å². The van der Waals surface area contributed by atoms with Gasteiger partial charge in [0.2, 0.25) is 5.91 Å². The minimum absolute atomic E-state index is 0.0324. The van der Waals surface area contributed by atoms with E-state index in [1.54, 1.807) is 0 Å². The first kappa shape index (κ1) is 15.8. The summed E-state index contributed by atoms with van der Waals surface area (Å²) in [5, 5.41) is 6.48. The molecule has 2 N–H and O–H groups in total. The fourth-order valence-corrected chi connectivity index (χ4v) is 3.20. The van der Waals surface area contributed by atoms with Crippen LogP contribution in [0.25, 0.3) is 0 Å². The Morgan fingerprint density at radius 3 is 2.94 bits per heavy atom.